The zero-order valence-electron chi connectivity index (χ0n) is 11.5. The van der Waals surface area contributed by atoms with E-state index < -0.39 is 28.3 Å². The Morgan fingerprint density at radius 3 is 2.76 bits per heavy atom. The molecule has 0 radical (unpaired) electrons. The van der Waals surface area contributed by atoms with Gasteiger partial charge in [-0.3, -0.25) is 4.31 Å². The zero-order chi connectivity index (χ0) is 15.8. The number of halogens is 3. The van der Waals surface area contributed by atoms with E-state index >= 15 is 0 Å². The second kappa shape index (κ2) is 5.48. The lowest BCUT2D eigenvalue weighted by Crippen LogP contribution is -2.45. The van der Waals surface area contributed by atoms with E-state index in [4.69, 9.17) is 4.74 Å². The van der Waals surface area contributed by atoms with Crippen molar-refractivity contribution in [2.45, 2.75) is 31.7 Å². The molecule has 120 valence electrons. The molecule has 0 bridgehead atoms. The number of rotatable bonds is 4. The quantitative estimate of drug-likeness (QED) is 0.842. The first-order valence-electron chi connectivity index (χ1n) is 6.30. The highest BCUT2D eigenvalue weighted by Gasteiger charge is 2.46. The Kier molecular flexibility index (Phi) is 4.20. The minimum atomic E-state index is -4.46. The summed E-state index contributed by atoms with van der Waals surface area (Å²) < 4.78 is 70.0. The predicted octanol–water partition coefficient (Wildman–Crippen LogP) is 1.56. The smallest absolute Gasteiger partial charge is 0.381 e. The molecule has 0 aliphatic carbocycles. The van der Waals surface area contributed by atoms with Gasteiger partial charge in [0.2, 0.25) is 10.0 Å². The van der Waals surface area contributed by atoms with Crippen LogP contribution in [0.2, 0.25) is 0 Å². The van der Waals surface area contributed by atoms with Gasteiger partial charge in [0.1, 0.15) is 5.82 Å². The third kappa shape index (κ3) is 3.15. The topological polar surface area (TPSA) is 64.4 Å². The van der Waals surface area contributed by atoms with E-state index in [0.717, 1.165) is 8.99 Å². The van der Waals surface area contributed by atoms with Crippen LogP contribution >= 0.6 is 0 Å². The molecule has 6 nitrogen and oxygen atoms in total. The van der Waals surface area contributed by atoms with Crippen LogP contribution in [0, 0.1) is 0 Å². The van der Waals surface area contributed by atoms with Gasteiger partial charge < -0.3 is 4.74 Å². The van der Waals surface area contributed by atoms with Gasteiger partial charge in [0.25, 0.3) is 0 Å². The first-order chi connectivity index (χ1) is 9.66. The lowest BCUT2D eigenvalue weighted by atomic mass is 10.1. The summed E-state index contributed by atoms with van der Waals surface area (Å²) in [6.45, 7) is 1.35. The largest absolute Gasteiger partial charge is 0.410 e. The number of nitrogens with zero attached hydrogens (tertiary/aromatic N) is 3. The van der Waals surface area contributed by atoms with Crippen molar-refractivity contribution in [2.24, 2.45) is 0 Å². The Hall–Kier alpha value is -1.29. The Morgan fingerprint density at radius 1 is 1.52 bits per heavy atom. The normalized spacial score (nSPS) is 21.2. The van der Waals surface area contributed by atoms with Crippen LogP contribution in [0.5, 0.6) is 0 Å². The molecule has 2 atom stereocenters. The van der Waals surface area contributed by atoms with Gasteiger partial charge in [-0.25, -0.2) is 13.1 Å². The van der Waals surface area contributed by atoms with Gasteiger partial charge in [-0.05, 0) is 13.3 Å². The molecule has 0 fully saturated rings. The van der Waals surface area contributed by atoms with E-state index in [2.05, 4.69) is 5.10 Å². The molecule has 1 aromatic heterocycles. The summed E-state index contributed by atoms with van der Waals surface area (Å²) in [7, 11) is -2.39. The number of sulfonamides is 1. The molecule has 2 rings (SSSR count). The van der Waals surface area contributed by atoms with E-state index in [-0.39, 0.29) is 24.5 Å². The molecule has 0 N–H and O–H groups in total. The molecule has 0 amide bonds. The van der Waals surface area contributed by atoms with Gasteiger partial charge in [-0.2, -0.15) is 18.3 Å². The molecular formula is C11H16F3N3O3S. The molecule has 2 unspecified atom stereocenters. The summed E-state index contributed by atoms with van der Waals surface area (Å²) in [5.41, 5.74) is 0. The monoisotopic (exact) mass is 327 g/mol. The molecule has 0 aromatic carbocycles. The fourth-order valence-corrected chi connectivity index (χ4v) is 3.98. The zero-order valence-corrected chi connectivity index (χ0v) is 12.4. The first kappa shape index (κ1) is 16.1. The van der Waals surface area contributed by atoms with E-state index in [1.54, 1.807) is 6.92 Å². The van der Waals surface area contributed by atoms with Gasteiger partial charge in [0, 0.05) is 19.7 Å². The molecule has 1 aromatic rings. The summed E-state index contributed by atoms with van der Waals surface area (Å²) in [6, 6.07) is -0.527. The van der Waals surface area contributed by atoms with Crippen LogP contribution in [-0.2, 0) is 14.8 Å². The molecule has 2 heterocycles. The number of methoxy groups -OCH3 is 1. The van der Waals surface area contributed by atoms with Crippen LogP contribution in [0.3, 0.4) is 0 Å². The highest BCUT2D eigenvalue weighted by Crippen LogP contribution is 2.39. The van der Waals surface area contributed by atoms with E-state index in [9.17, 15) is 21.6 Å². The number of ether oxygens (including phenoxy) is 1. The maximum absolute atomic E-state index is 12.9. The Balaban J connectivity index is 2.33. The number of aromatic nitrogens is 2. The van der Waals surface area contributed by atoms with Gasteiger partial charge in [-0.1, -0.05) is 0 Å². The summed E-state index contributed by atoms with van der Waals surface area (Å²) in [5.74, 6) is -0.363. The molecule has 1 aliphatic rings. The standard InChI is InChI=1S/C11H16F3N3O3S/c1-8(20-2)7-21(18,19)16-6-4-9(11(12,13)14)17-10(16)3-5-15-17/h3,5,8-9H,4,6-7H2,1-2H3. The molecule has 21 heavy (non-hydrogen) atoms. The predicted molar refractivity (Wildman–Crippen MR) is 69.5 cm³/mol. The Bertz CT molecular complexity index is 599. The van der Waals surface area contributed by atoms with E-state index in [0.29, 0.717) is 0 Å². The van der Waals surface area contributed by atoms with Crippen LogP contribution < -0.4 is 4.31 Å². The maximum atomic E-state index is 12.9. The number of hydrogen-bond donors (Lipinski definition) is 0. The lowest BCUT2D eigenvalue weighted by Gasteiger charge is -2.34. The van der Waals surface area contributed by atoms with E-state index in [1.165, 1.54) is 19.4 Å². The number of fused-ring (bicyclic) bond motifs is 1. The molecular weight excluding hydrogens is 311 g/mol. The molecule has 0 spiro atoms. The second-order valence-electron chi connectivity index (χ2n) is 4.88. The van der Waals surface area contributed by atoms with Crippen LogP contribution in [0.1, 0.15) is 19.4 Å². The molecule has 0 saturated heterocycles. The third-order valence-corrected chi connectivity index (χ3v) is 5.30. The highest BCUT2D eigenvalue weighted by molar-refractivity contribution is 7.92. The molecule has 1 aliphatic heterocycles. The minimum Gasteiger partial charge on any atom is -0.381 e. The number of hydrogen-bond acceptors (Lipinski definition) is 4. The average Bonchev–Trinajstić information content (AvgIpc) is 2.84. The van der Waals surface area contributed by atoms with Crippen molar-refractivity contribution >= 4 is 15.8 Å². The van der Waals surface area contributed by atoms with Crippen molar-refractivity contribution in [1.82, 2.24) is 9.78 Å². The SMILES string of the molecule is COC(C)CS(=O)(=O)N1CCC(C(F)(F)F)n2nccc21. The number of alkyl halides is 3. The minimum absolute atomic E-state index is 0.0631. The fraction of sp³-hybridized carbons (Fsp3) is 0.727. The van der Waals surface area contributed by atoms with Gasteiger partial charge in [-0.15, -0.1) is 0 Å². The Morgan fingerprint density at radius 2 is 2.19 bits per heavy atom. The lowest BCUT2D eigenvalue weighted by molar-refractivity contribution is -0.172. The Labute approximate surface area is 120 Å². The van der Waals surface area contributed by atoms with Crippen molar-refractivity contribution in [3.05, 3.63) is 12.3 Å². The van der Waals surface area contributed by atoms with Crippen LogP contribution in [0.25, 0.3) is 0 Å². The summed E-state index contributed by atoms with van der Waals surface area (Å²) >= 11 is 0. The number of anilines is 1. The summed E-state index contributed by atoms with van der Waals surface area (Å²) in [6.07, 6.45) is -4.21. The maximum Gasteiger partial charge on any atom is 0.410 e. The first-order valence-corrected chi connectivity index (χ1v) is 7.91. The van der Waals surface area contributed by atoms with Gasteiger partial charge >= 0.3 is 6.18 Å². The second-order valence-corrected chi connectivity index (χ2v) is 6.82. The molecule has 0 saturated carbocycles. The van der Waals surface area contributed by atoms with E-state index in [1.807, 2.05) is 0 Å². The van der Waals surface area contributed by atoms with Crippen molar-refractivity contribution in [2.75, 3.05) is 23.7 Å². The molecule has 10 heteroatoms. The van der Waals surface area contributed by atoms with Crippen molar-refractivity contribution in [3.63, 3.8) is 0 Å². The summed E-state index contributed by atoms with van der Waals surface area (Å²) in [4.78, 5) is 0. The van der Waals surface area contributed by atoms with Gasteiger partial charge in [0.05, 0.1) is 18.1 Å². The van der Waals surface area contributed by atoms with Crippen molar-refractivity contribution in [3.8, 4) is 0 Å². The fourth-order valence-electron chi connectivity index (χ4n) is 2.26. The van der Waals surface area contributed by atoms with Crippen molar-refractivity contribution in [1.29, 1.82) is 0 Å². The van der Waals surface area contributed by atoms with Gasteiger partial charge in [0.15, 0.2) is 6.04 Å². The average molecular weight is 327 g/mol. The van der Waals surface area contributed by atoms with Crippen molar-refractivity contribution < 1.29 is 26.3 Å². The third-order valence-electron chi connectivity index (χ3n) is 3.37. The van der Waals surface area contributed by atoms with Crippen LogP contribution in [-0.4, -0.2) is 49.9 Å². The summed E-state index contributed by atoms with van der Waals surface area (Å²) in [5, 5.41) is 3.63. The highest BCUT2D eigenvalue weighted by atomic mass is 32.2. The van der Waals surface area contributed by atoms with Crippen LogP contribution in [0.15, 0.2) is 12.3 Å². The van der Waals surface area contributed by atoms with Crippen LogP contribution in [0.4, 0.5) is 19.0 Å².